The van der Waals surface area contributed by atoms with Gasteiger partial charge in [-0.15, -0.1) is 0 Å². The van der Waals surface area contributed by atoms with Crippen LogP contribution in [-0.2, 0) is 4.79 Å². The Hall–Kier alpha value is -0.370. The van der Waals surface area contributed by atoms with Crippen LogP contribution in [-0.4, -0.2) is 18.9 Å². The number of carbonyl (C=O) groups excluding carboxylic acids is 1. The maximum Gasteiger partial charge on any atom is 0.132 e. The first-order valence-corrected chi connectivity index (χ1v) is 4.91. The third-order valence-corrected chi connectivity index (χ3v) is 2.84. The Morgan fingerprint density at radius 1 is 1.50 bits per heavy atom. The number of hydrogen-bond donors (Lipinski definition) is 1. The summed E-state index contributed by atoms with van der Waals surface area (Å²) in [6, 6.07) is 0.600. The molecule has 0 heterocycles. The van der Waals surface area contributed by atoms with Crippen LogP contribution in [0.1, 0.15) is 39.0 Å². The molecule has 2 nitrogen and oxygen atoms in total. The molecule has 12 heavy (non-hydrogen) atoms. The maximum absolute atomic E-state index is 10.9. The zero-order valence-electron chi connectivity index (χ0n) is 8.10. The van der Waals surface area contributed by atoms with Crippen molar-refractivity contribution < 1.29 is 4.79 Å². The molecule has 0 unspecified atom stereocenters. The predicted octanol–water partition coefficient (Wildman–Crippen LogP) is 1.74. The van der Waals surface area contributed by atoms with Crippen molar-refractivity contribution in [3.05, 3.63) is 0 Å². The van der Waals surface area contributed by atoms with Crippen LogP contribution < -0.4 is 5.32 Å². The summed E-state index contributed by atoms with van der Waals surface area (Å²) in [7, 11) is 2.00. The number of Topliss-reactive ketones (excluding diaryl/α,β-unsaturated/α-hetero) is 1. The van der Waals surface area contributed by atoms with Crippen molar-refractivity contribution in [1.82, 2.24) is 5.32 Å². The number of nitrogens with one attached hydrogen (secondary N) is 1. The highest BCUT2D eigenvalue weighted by Gasteiger charge is 2.19. The molecule has 0 amide bonds. The lowest BCUT2D eigenvalue weighted by Crippen LogP contribution is -2.26. The minimum Gasteiger partial charge on any atom is -0.317 e. The molecule has 1 rings (SSSR count). The Balaban J connectivity index is 2.21. The van der Waals surface area contributed by atoms with Crippen LogP contribution in [0.25, 0.3) is 0 Å². The zero-order valence-corrected chi connectivity index (χ0v) is 8.10. The molecule has 70 valence electrons. The molecule has 1 aliphatic rings. The normalized spacial score (nSPS) is 22.7. The van der Waals surface area contributed by atoms with Gasteiger partial charge in [-0.3, -0.25) is 4.79 Å². The standard InChI is InChI=1S/C10H19NO/c1-8(11-2)7-9-3-5-10(12)6-4-9/h8-9,11H,3-7H2,1-2H3/t8-/m0/s1. The van der Waals surface area contributed by atoms with E-state index in [1.54, 1.807) is 0 Å². The molecular weight excluding hydrogens is 150 g/mol. The van der Waals surface area contributed by atoms with Crippen molar-refractivity contribution >= 4 is 5.78 Å². The van der Waals surface area contributed by atoms with Crippen LogP contribution >= 0.6 is 0 Å². The smallest absolute Gasteiger partial charge is 0.132 e. The van der Waals surface area contributed by atoms with Gasteiger partial charge in [0.2, 0.25) is 0 Å². The summed E-state index contributed by atoms with van der Waals surface area (Å²) in [6.45, 7) is 2.20. The van der Waals surface area contributed by atoms with Crippen LogP contribution in [0.2, 0.25) is 0 Å². The van der Waals surface area contributed by atoms with Gasteiger partial charge in [0.1, 0.15) is 5.78 Å². The Kier molecular flexibility index (Phi) is 3.73. The minimum absolute atomic E-state index is 0.461. The van der Waals surface area contributed by atoms with Gasteiger partial charge in [0.15, 0.2) is 0 Å². The van der Waals surface area contributed by atoms with Crippen LogP contribution in [0, 0.1) is 5.92 Å². The van der Waals surface area contributed by atoms with Gasteiger partial charge < -0.3 is 5.32 Å². The summed E-state index contributed by atoms with van der Waals surface area (Å²) in [5.41, 5.74) is 0. The number of rotatable bonds is 3. The minimum atomic E-state index is 0.461. The van der Waals surface area contributed by atoms with E-state index in [1.807, 2.05) is 7.05 Å². The van der Waals surface area contributed by atoms with Gasteiger partial charge >= 0.3 is 0 Å². The first kappa shape index (κ1) is 9.72. The molecule has 0 aromatic carbocycles. The van der Waals surface area contributed by atoms with Gasteiger partial charge in [-0.1, -0.05) is 0 Å². The fourth-order valence-electron chi connectivity index (χ4n) is 1.85. The summed E-state index contributed by atoms with van der Waals surface area (Å²) in [5, 5.41) is 3.24. The second-order valence-electron chi connectivity index (χ2n) is 3.91. The summed E-state index contributed by atoms with van der Waals surface area (Å²) in [6.07, 6.45) is 5.10. The van der Waals surface area contributed by atoms with E-state index in [9.17, 15) is 4.79 Å². The van der Waals surface area contributed by atoms with Crippen molar-refractivity contribution in [2.24, 2.45) is 5.92 Å². The molecule has 1 fully saturated rings. The van der Waals surface area contributed by atoms with E-state index in [-0.39, 0.29) is 0 Å². The van der Waals surface area contributed by atoms with E-state index < -0.39 is 0 Å². The van der Waals surface area contributed by atoms with Gasteiger partial charge in [0.05, 0.1) is 0 Å². The number of hydrogen-bond acceptors (Lipinski definition) is 2. The summed E-state index contributed by atoms with van der Waals surface area (Å²) < 4.78 is 0. The van der Waals surface area contributed by atoms with Crippen LogP contribution in [0.15, 0.2) is 0 Å². The lowest BCUT2D eigenvalue weighted by Gasteiger charge is -2.23. The molecule has 0 bridgehead atoms. The molecule has 2 heteroatoms. The van der Waals surface area contributed by atoms with Crippen molar-refractivity contribution in [1.29, 1.82) is 0 Å². The van der Waals surface area contributed by atoms with E-state index in [0.717, 1.165) is 31.6 Å². The highest BCUT2D eigenvalue weighted by Crippen LogP contribution is 2.25. The maximum atomic E-state index is 10.9. The lowest BCUT2D eigenvalue weighted by molar-refractivity contribution is -0.121. The van der Waals surface area contributed by atoms with Crippen molar-refractivity contribution in [2.45, 2.75) is 45.1 Å². The molecule has 0 spiro atoms. The van der Waals surface area contributed by atoms with E-state index >= 15 is 0 Å². The fourth-order valence-corrected chi connectivity index (χ4v) is 1.85. The largest absolute Gasteiger partial charge is 0.317 e. The van der Waals surface area contributed by atoms with Gasteiger partial charge in [0.25, 0.3) is 0 Å². The summed E-state index contributed by atoms with van der Waals surface area (Å²) in [5.74, 6) is 1.24. The van der Waals surface area contributed by atoms with Crippen molar-refractivity contribution in [3.8, 4) is 0 Å². The van der Waals surface area contributed by atoms with E-state index in [2.05, 4.69) is 12.2 Å². The number of carbonyl (C=O) groups is 1. The Bertz CT molecular complexity index is 146. The summed E-state index contributed by atoms with van der Waals surface area (Å²) >= 11 is 0. The first-order chi connectivity index (χ1) is 5.72. The van der Waals surface area contributed by atoms with E-state index in [1.165, 1.54) is 6.42 Å². The van der Waals surface area contributed by atoms with Crippen LogP contribution in [0.3, 0.4) is 0 Å². The predicted molar refractivity (Wildman–Crippen MR) is 50.1 cm³/mol. The molecule has 0 saturated heterocycles. The first-order valence-electron chi connectivity index (χ1n) is 4.91. The molecule has 1 saturated carbocycles. The summed E-state index contributed by atoms with van der Waals surface area (Å²) in [4.78, 5) is 10.9. The third-order valence-electron chi connectivity index (χ3n) is 2.84. The monoisotopic (exact) mass is 169 g/mol. The highest BCUT2D eigenvalue weighted by molar-refractivity contribution is 5.78. The zero-order chi connectivity index (χ0) is 8.97. The van der Waals surface area contributed by atoms with Crippen LogP contribution in [0.4, 0.5) is 0 Å². The molecule has 1 N–H and O–H groups in total. The van der Waals surface area contributed by atoms with Gasteiger partial charge in [-0.25, -0.2) is 0 Å². The Morgan fingerprint density at radius 3 is 2.58 bits per heavy atom. The van der Waals surface area contributed by atoms with Crippen molar-refractivity contribution in [3.63, 3.8) is 0 Å². The van der Waals surface area contributed by atoms with Crippen LogP contribution in [0.5, 0.6) is 0 Å². The average molecular weight is 169 g/mol. The quantitative estimate of drug-likeness (QED) is 0.697. The second-order valence-corrected chi connectivity index (χ2v) is 3.91. The van der Waals surface area contributed by atoms with Gasteiger partial charge in [-0.05, 0) is 39.2 Å². The van der Waals surface area contributed by atoms with Gasteiger partial charge in [0, 0.05) is 18.9 Å². The Labute approximate surface area is 74.7 Å². The topological polar surface area (TPSA) is 29.1 Å². The Morgan fingerprint density at radius 2 is 2.08 bits per heavy atom. The fraction of sp³-hybridized carbons (Fsp3) is 0.900. The molecule has 0 aromatic heterocycles. The van der Waals surface area contributed by atoms with Crippen molar-refractivity contribution in [2.75, 3.05) is 7.05 Å². The molecule has 1 aliphatic carbocycles. The number of ketones is 1. The second kappa shape index (κ2) is 4.61. The van der Waals surface area contributed by atoms with E-state index in [4.69, 9.17) is 0 Å². The molecule has 0 aromatic rings. The average Bonchev–Trinajstić information content (AvgIpc) is 2.09. The van der Waals surface area contributed by atoms with Gasteiger partial charge in [-0.2, -0.15) is 0 Å². The SMILES string of the molecule is CN[C@@H](C)CC1CCC(=O)CC1. The molecule has 1 atom stereocenters. The molecule has 0 radical (unpaired) electrons. The molecular formula is C10H19NO. The molecule has 0 aliphatic heterocycles. The lowest BCUT2D eigenvalue weighted by atomic mass is 9.84. The third kappa shape index (κ3) is 2.94. The van der Waals surface area contributed by atoms with E-state index in [0.29, 0.717) is 11.8 Å². The highest BCUT2D eigenvalue weighted by atomic mass is 16.1.